The molecule has 3 aromatic carbocycles. The molecule has 0 saturated heterocycles. The molecule has 30 heavy (non-hydrogen) atoms. The van der Waals surface area contributed by atoms with Gasteiger partial charge in [-0.15, -0.1) is 0 Å². The number of amides is 1. The van der Waals surface area contributed by atoms with Gasteiger partial charge in [0.15, 0.2) is 0 Å². The van der Waals surface area contributed by atoms with Crippen molar-refractivity contribution < 1.29 is 13.2 Å². The highest BCUT2D eigenvalue weighted by Crippen LogP contribution is 2.23. The van der Waals surface area contributed by atoms with Gasteiger partial charge in [-0.05, 0) is 61.2 Å². The van der Waals surface area contributed by atoms with Gasteiger partial charge in [0.2, 0.25) is 0 Å². The Balaban J connectivity index is 1.86. The van der Waals surface area contributed by atoms with Crippen LogP contribution in [0.3, 0.4) is 0 Å². The second-order valence-corrected chi connectivity index (χ2v) is 8.95. The second kappa shape index (κ2) is 9.13. The smallest absolute Gasteiger partial charge is 0.262 e. The Labute approximate surface area is 178 Å². The van der Waals surface area contributed by atoms with Gasteiger partial charge in [-0.1, -0.05) is 55.5 Å². The maximum Gasteiger partial charge on any atom is 0.262 e. The van der Waals surface area contributed by atoms with Crippen molar-refractivity contribution in [2.45, 2.75) is 38.1 Å². The van der Waals surface area contributed by atoms with Gasteiger partial charge < -0.3 is 5.32 Å². The summed E-state index contributed by atoms with van der Waals surface area (Å²) in [6.45, 7) is 5.60. The lowest BCUT2D eigenvalue weighted by Gasteiger charge is -2.18. The third kappa shape index (κ3) is 5.07. The van der Waals surface area contributed by atoms with Crippen LogP contribution in [0.2, 0.25) is 0 Å². The zero-order valence-electron chi connectivity index (χ0n) is 17.3. The highest BCUT2D eigenvalue weighted by molar-refractivity contribution is 7.92. The van der Waals surface area contributed by atoms with E-state index in [1.165, 1.54) is 6.07 Å². The first kappa shape index (κ1) is 21.6. The first-order chi connectivity index (χ1) is 14.3. The van der Waals surface area contributed by atoms with E-state index in [1.807, 2.05) is 50.2 Å². The molecule has 156 valence electrons. The molecule has 0 radical (unpaired) electrons. The monoisotopic (exact) mass is 422 g/mol. The molecule has 0 spiro atoms. The molecule has 5 nitrogen and oxygen atoms in total. The Morgan fingerprint density at radius 1 is 0.933 bits per heavy atom. The summed E-state index contributed by atoms with van der Waals surface area (Å²) in [4.78, 5) is 12.9. The average Bonchev–Trinajstić information content (AvgIpc) is 2.72. The highest BCUT2D eigenvalue weighted by atomic mass is 32.2. The molecular weight excluding hydrogens is 396 g/mol. The molecule has 0 saturated carbocycles. The quantitative estimate of drug-likeness (QED) is 0.563. The Morgan fingerprint density at radius 3 is 2.33 bits per heavy atom. The zero-order valence-corrected chi connectivity index (χ0v) is 18.2. The molecule has 0 unspecified atom stereocenters. The maximum atomic E-state index is 13.0. The molecule has 2 N–H and O–H groups in total. The van der Waals surface area contributed by atoms with Gasteiger partial charge >= 0.3 is 0 Å². The number of rotatable bonds is 7. The summed E-state index contributed by atoms with van der Waals surface area (Å²) in [5, 5.41) is 3.00. The second-order valence-electron chi connectivity index (χ2n) is 7.30. The third-order valence-corrected chi connectivity index (χ3v) is 6.45. The Morgan fingerprint density at radius 2 is 1.67 bits per heavy atom. The number of sulfonamides is 1. The van der Waals surface area contributed by atoms with Gasteiger partial charge in [-0.25, -0.2) is 8.42 Å². The van der Waals surface area contributed by atoms with Gasteiger partial charge in [0.1, 0.15) is 0 Å². The van der Waals surface area contributed by atoms with Crippen LogP contribution in [-0.2, 0) is 10.0 Å². The number of carbonyl (C=O) groups excluding carboxylic acids is 1. The predicted octanol–water partition coefficient (Wildman–Crippen LogP) is 4.99. The summed E-state index contributed by atoms with van der Waals surface area (Å²) in [6.07, 6.45) is 0.724. The summed E-state index contributed by atoms with van der Waals surface area (Å²) in [5.74, 6) is -0.308. The summed E-state index contributed by atoms with van der Waals surface area (Å²) in [5.41, 5.74) is 3.32. The SMILES string of the molecule is CC[C@H](NC(=O)c1ccc(C)c(S(=O)(=O)Nc2cccc(C)c2)c1)c1ccccc1. The van der Waals surface area contributed by atoms with Crippen molar-refractivity contribution in [3.05, 3.63) is 95.1 Å². The number of hydrogen-bond acceptors (Lipinski definition) is 3. The molecule has 3 aromatic rings. The lowest BCUT2D eigenvalue weighted by atomic mass is 10.0. The van der Waals surface area contributed by atoms with Crippen LogP contribution in [0.25, 0.3) is 0 Å². The van der Waals surface area contributed by atoms with Crippen molar-refractivity contribution in [1.29, 1.82) is 0 Å². The number of nitrogens with one attached hydrogen (secondary N) is 2. The minimum atomic E-state index is -3.83. The highest BCUT2D eigenvalue weighted by Gasteiger charge is 2.21. The summed E-state index contributed by atoms with van der Waals surface area (Å²) in [6, 6.07) is 21.4. The van der Waals surface area contributed by atoms with E-state index in [2.05, 4.69) is 10.0 Å². The molecule has 3 rings (SSSR count). The normalized spacial score (nSPS) is 12.2. The van der Waals surface area contributed by atoms with E-state index in [0.717, 1.165) is 17.5 Å². The van der Waals surface area contributed by atoms with E-state index < -0.39 is 10.0 Å². The van der Waals surface area contributed by atoms with Gasteiger partial charge in [-0.3, -0.25) is 9.52 Å². The molecule has 1 atom stereocenters. The van der Waals surface area contributed by atoms with Crippen molar-refractivity contribution in [2.24, 2.45) is 0 Å². The topological polar surface area (TPSA) is 75.3 Å². The van der Waals surface area contributed by atoms with Crippen LogP contribution in [0.1, 0.15) is 46.4 Å². The molecule has 1 amide bonds. The average molecular weight is 423 g/mol. The van der Waals surface area contributed by atoms with Gasteiger partial charge in [0.05, 0.1) is 10.9 Å². The molecule has 0 fully saturated rings. The Kier molecular flexibility index (Phi) is 6.57. The van der Waals surface area contributed by atoms with Crippen molar-refractivity contribution >= 4 is 21.6 Å². The Bertz CT molecular complexity index is 1140. The van der Waals surface area contributed by atoms with Crippen LogP contribution in [0, 0.1) is 13.8 Å². The van der Waals surface area contributed by atoms with Crippen LogP contribution in [0.4, 0.5) is 5.69 Å². The van der Waals surface area contributed by atoms with Crippen LogP contribution in [0.5, 0.6) is 0 Å². The first-order valence-corrected chi connectivity index (χ1v) is 11.3. The van der Waals surface area contributed by atoms with Crippen LogP contribution >= 0.6 is 0 Å². The fraction of sp³-hybridized carbons (Fsp3) is 0.208. The molecule has 0 heterocycles. The summed E-state index contributed by atoms with van der Waals surface area (Å²) in [7, 11) is -3.83. The third-order valence-electron chi connectivity index (χ3n) is 4.93. The molecule has 0 bridgehead atoms. The fourth-order valence-electron chi connectivity index (χ4n) is 3.30. The zero-order chi connectivity index (χ0) is 21.7. The number of hydrogen-bond donors (Lipinski definition) is 2. The van der Waals surface area contributed by atoms with Crippen molar-refractivity contribution in [3.8, 4) is 0 Å². The van der Waals surface area contributed by atoms with Crippen molar-refractivity contribution in [2.75, 3.05) is 4.72 Å². The molecule has 0 aromatic heterocycles. The largest absolute Gasteiger partial charge is 0.345 e. The summed E-state index contributed by atoms with van der Waals surface area (Å²) >= 11 is 0. The molecular formula is C24H26N2O3S. The van der Waals surface area contributed by atoms with Gasteiger partial charge in [-0.2, -0.15) is 0 Å². The molecule has 6 heteroatoms. The van der Waals surface area contributed by atoms with E-state index in [9.17, 15) is 13.2 Å². The van der Waals surface area contributed by atoms with E-state index in [-0.39, 0.29) is 16.8 Å². The predicted molar refractivity (Wildman–Crippen MR) is 120 cm³/mol. The molecule has 0 aliphatic rings. The lowest BCUT2D eigenvalue weighted by Crippen LogP contribution is -2.28. The van der Waals surface area contributed by atoms with Gasteiger partial charge in [0.25, 0.3) is 15.9 Å². The maximum absolute atomic E-state index is 13.0. The number of benzene rings is 3. The number of aryl methyl sites for hydroxylation is 2. The van der Waals surface area contributed by atoms with E-state index in [4.69, 9.17) is 0 Å². The molecule has 0 aliphatic carbocycles. The fourth-order valence-corrected chi connectivity index (χ4v) is 4.62. The number of anilines is 1. The first-order valence-electron chi connectivity index (χ1n) is 9.86. The van der Waals surface area contributed by atoms with Crippen LogP contribution < -0.4 is 10.0 Å². The minimum absolute atomic E-state index is 0.0874. The van der Waals surface area contributed by atoms with E-state index in [0.29, 0.717) is 16.8 Å². The summed E-state index contributed by atoms with van der Waals surface area (Å²) < 4.78 is 28.5. The van der Waals surface area contributed by atoms with E-state index in [1.54, 1.807) is 37.3 Å². The minimum Gasteiger partial charge on any atom is -0.345 e. The van der Waals surface area contributed by atoms with Crippen LogP contribution in [0.15, 0.2) is 77.7 Å². The van der Waals surface area contributed by atoms with Crippen molar-refractivity contribution in [1.82, 2.24) is 5.32 Å². The lowest BCUT2D eigenvalue weighted by molar-refractivity contribution is 0.0935. The van der Waals surface area contributed by atoms with Gasteiger partial charge in [0, 0.05) is 11.3 Å². The van der Waals surface area contributed by atoms with Crippen molar-refractivity contribution in [3.63, 3.8) is 0 Å². The molecule has 0 aliphatic heterocycles. The van der Waals surface area contributed by atoms with Crippen LogP contribution in [-0.4, -0.2) is 14.3 Å². The number of carbonyl (C=O) groups is 1. The Hall–Kier alpha value is -3.12. The van der Waals surface area contributed by atoms with E-state index >= 15 is 0 Å². The standard InChI is InChI=1S/C24H26N2O3S/c1-4-22(19-10-6-5-7-11-19)25-24(27)20-14-13-18(3)23(16-20)30(28,29)26-21-12-8-9-17(2)15-21/h5-16,22,26H,4H2,1-3H3,(H,25,27)/t22-/m0/s1.